The molecule has 1 amide bonds. The van der Waals surface area contributed by atoms with Crippen LogP contribution in [0, 0.1) is 5.92 Å². The molecule has 0 spiro atoms. The summed E-state index contributed by atoms with van der Waals surface area (Å²) < 4.78 is 0. The Morgan fingerprint density at radius 2 is 2.12 bits per heavy atom. The maximum atomic E-state index is 12.3. The lowest BCUT2D eigenvalue weighted by atomic mass is 10.1. The predicted octanol–water partition coefficient (Wildman–Crippen LogP) is 2.94. The third-order valence-corrected chi connectivity index (χ3v) is 3.43. The van der Waals surface area contributed by atoms with Gasteiger partial charge in [0, 0.05) is 24.2 Å². The minimum absolute atomic E-state index is 0.178. The lowest BCUT2D eigenvalue weighted by Crippen LogP contribution is -2.35. The van der Waals surface area contributed by atoms with Gasteiger partial charge in [0.1, 0.15) is 5.75 Å². The van der Waals surface area contributed by atoms with Gasteiger partial charge in [0.15, 0.2) is 0 Å². The second-order valence-corrected chi connectivity index (χ2v) is 4.58. The molecule has 0 saturated heterocycles. The van der Waals surface area contributed by atoms with Gasteiger partial charge in [-0.05, 0) is 31.9 Å². The van der Waals surface area contributed by atoms with Crippen molar-refractivity contribution in [1.29, 1.82) is 0 Å². The summed E-state index contributed by atoms with van der Waals surface area (Å²) in [7, 11) is 0. The SMILES string of the molecule is CCN(C(=O)C1CCCC1)c1cccc(O)c1. The largest absolute Gasteiger partial charge is 0.508 e. The van der Waals surface area contributed by atoms with Crippen LogP contribution in [-0.2, 0) is 4.79 Å². The summed E-state index contributed by atoms with van der Waals surface area (Å²) in [6.07, 6.45) is 4.34. The summed E-state index contributed by atoms with van der Waals surface area (Å²) in [5.74, 6) is 0.591. The summed E-state index contributed by atoms with van der Waals surface area (Å²) in [5, 5.41) is 9.47. The zero-order valence-electron chi connectivity index (χ0n) is 10.2. The Bertz CT molecular complexity index is 397. The molecule has 2 rings (SSSR count). The Balaban J connectivity index is 2.17. The molecule has 3 nitrogen and oxygen atoms in total. The van der Waals surface area contributed by atoms with Crippen molar-refractivity contribution >= 4 is 11.6 Å². The van der Waals surface area contributed by atoms with Gasteiger partial charge in [0.25, 0.3) is 0 Å². The van der Waals surface area contributed by atoms with Crippen LogP contribution in [0.4, 0.5) is 5.69 Å². The molecule has 0 heterocycles. The van der Waals surface area contributed by atoms with Gasteiger partial charge in [-0.2, -0.15) is 0 Å². The number of phenols is 1. The van der Waals surface area contributed by atoms with E-state index in [1.807, 2.05) is 13.0 Å². The van der Waals surface area contributed by atoms with Crippen LogP contribution in [0.2, 0.25) is 0 Å². The van der Waals surface area contributed by atoms with Gasteiger partial charge < -0.3 is 10.0 Å². The fraction of sp³-hybridized carbons (Fsp3) is 0.500. The number of phenolic OH excluding ortho intramolecular Hbond substituents is 1. The first-order valence-electron chi connectivity index (χ1n) is 6.32. The van der Waals surface area contributed by atoms with E-state index in [2.05, 4.69) is 0 Å². The van der Waals surface area contributed by atoms with Crippen molar-refractivity contribution < 1.29 is 9.90 Å². The predicted molar refractivity (Wildman–Crippen MR) is 68.1 cm³/mol. The van der Waals surface area contributed by atoms with E-state index in [1.54, 1.807) is 23.1 Å². The zero-order valence-corrected chi connectivity index (χ0v) is 10.2. The van der Waals surface area contributed by atoms with Crippen molar-refractivity contribution in [3.63, 3.8) is 0 Å². The lowest BCUT2D eigenvalue weighted by molar-refractivity contribution is -0.122. The number of aromatic hydroxyl groups is 1. The van der Waals surface area contributed by atoms with Gasteiger partial charge in [-0.3, -0.25) is 4.79 Å². The molecule has 1 saturated carbocycles. The van der Waals surface area contributed by atoms with Crippen LogP contribution < -0.4 is 4.90 Å². The molecule has 1 aliphatic rings. The first-order valence-corrected chi connectivity index (χ1v) is 6.32. The summed E-state index contributed by atoms with van der Waals surface area (Å²) in [6.45, 7) is 2.62. The van der Waals surface area contributed by atoms with E-state index in [4.69, 9.17) is 0 Å². The number of nitrogens with zero attached hydrogens (tertiary/aromatic N) is 1. The second-order valence-electron chi connectivity index (χ2n) is 4.58. The summed E-state index contributed by atoms with van der Waals surface area (Å²) >= 11 is 0. The number of carbonyl (C=O) groups excluding carboxylic acids is 1. The smallest absolute Gasteiger partial charge is 0.230 e. The van der Waals surface area contributed by atoms with E-state index in [0.29, 0.717) is 6.54 Å². The monoisotopic (exact) mass is 233 g/mol. The molecule has 0 radical (unpaired) electrons. The van der Waals surface area contributed by atoms with E-state index < -0.39 is 0 Å². The van der Waals surface area contributed by atoms with Crippen molar-refractivity contribution in [1.82, 2.24) is 0 Å². The molecule has 1 N–H and O–H groups in total. The molecule has 0 unspecified atom stereocenters. The third kappa shape index (κ3) is 2.60. The molecule has 0 aliphatic heterocycles. The number of carbonyl (C=O) groups is 1. The molecule has 0 atom stereocenters. The molecule has 1 fully saturated rings. The van der Waals surface area contributed by atoms with Crippen LogP contribution >= 0.6 is 0 Å². The van der Waals surface area contributed by atoms with Crippen molar-refractivity contribution in [2.75, 3.05) is 11.4 Å². The van der Waals surface area contributed by atoms with Crippen LogP contribution in [0.5, 0.6) is 5.75 Å². The highest BCUT2D eigenvalue weighted by atomic mass is 16.3. The fourth-order valence-electron chi connectivity index (χ4n) is 2.52. The quantitative estimate of drug-likeness (QED) is 0.872. The molecule has 0 bridgehead atoms. The molecule has 92 valence electrons. The Hall–Kier alpha value is -1.51. The zero-order chi connectivity index (χ0) is 12.3. The van der Waals surface area contributed by atoms with Gasteiger partial charge in [0.05, 0.1) is 0 Å². The highest BCUT2D eigenvalue weighted by Crippen LogP contribution is 2.29. The third-order valence-electron chi connectivity index (χ3n) is 3.43. The maximum Gasteiger partial charge on any atom is 0.230 e. The average molecular weight is 233 g/mol. The molecular formula is C14H19NO2. The van der Waals surface area contributed by atoms with Gasteiger partial charge in [-0.1, -0.05) is 18.9 Å². The highest BCUT2D eigenvalue weighted by Gasteiger charge is 2.27. The van der Waals surface area contributed by atoms with Crippen molar-refractivity contribution in [2.45, 2.75) is 32.6 Å². The van der Waals surface area contributed by atoms with Gasteiger partial charge in [-0.25, -0.2) is 0 Å². The minimum Gasteiger partial charge on any atom is -0.508 e. The Morgan fingerprint density at radius 1 is 1.41 bits per heavy atom. The van der Waals surface area contributed by atoms with E-state index in [0.717, 1.165) is 31.4 Å². The van der Waals surface area contributed by atoms with E-state index in [-0.39, 0.29) is 17.6 Å². The van der Waals surface area contributed by atoms with Crippen LogP contribution in [0.1, 0.15) is 32.6 Å². The number of benzene rings is 1. The Kier molecular flexibility index (Phi) is 3.67. The van der Waals surface area contributed by atoms with Crippen LogP contribution in [0.3, 0.4) is 0 Å². The number of anilines is 1. The fourth-order valence-corrected chi connectivity index (χ4v) is 2.52. The first kappa shape index (κ1) is 12.0. The van der Waals surface area contributed by atoms with Crippen molar-refractivity contribution in [3.8, 4) is 5.75 Å². The van der Waals surface area contributed by atoms with Crippen molar-refractivity contribution in [3.05, 3.63) is 24.3 Å². The molecule has 17 heavy (non-hydrogen) atoms. The molecule has 0 aromatic heterocycles. The Labute approximate surface area is 102 Å². The van der Waals surface area contributed by atoms with Crippen LogP contribution in [0.25, 0.3) is 0 Å². The molecule has 1 aromatic carbocycles. The molecular weight excluding hydrogens is 214 g/mol. The number of amides is 1. The summed E-state index contributed by atoms with van der Waals surface area (Å²) in [5.41, 5.74) is 0.796. The number of hydrogen-bond acceptors (Lipinski definition) is 2. The molecule has 1 aliphatic carbocycles. The normalized spacial score (nSPS) is 16.1. The van der Waals surface area contributed by atoms with Gasteiger partial charge in [0.2, 0.25) is 5.91 Å². The summed E-state index contributed by atoms with van der Waals surface area (Å²) in [6, 6.07) is 6.92. The van der Waals surface area contributed by atoms with Gasteiger partial charge in [-0.15, -0.1) is 0 Å². The topological polar surface area (TPSA) is 40.5 Å². The van der Waals surface area contributed by atoms with E-state index >= 15 is 0 Å². The standard InChI is InChI=1S/C14H19NO2/c1-2-15(12-8-5-9-13(16)10-12)14(17)11-6-3-4-7-11/h5,8-11,16H,2-4,6-7H2,1H3. The first-order chi connectivity index (χ1) is 8.22. The van der Waals surface area contributed by atoms with Crippen molar-refractivity contribution in [2.24, 2.45) is 5.92 Å². The number of hydrogen-bond donors (Lipinski definition) is 1. The van der Waals surface area contributed by atoms with E-state index in [1.165, 1.54) is 0 Å². The van der Waals surface area contributed by atoms with Crippen LogP contribution in [0.15, 0.2) is 24.3 Å². The Morgan fingerprint density at radius 3 is 2.71 bits per heavy atom. The lowest BCUT2D eigenvalue weighted by Gasteiger charge is -2.24. The van der Waals surface area contributed by atoms with Gasteiger partial charge >= 0.3 is 0 Å². The second kappa shape index (κ2) is 5.21. The summed E-state index contributed by atoms with van der Waals surface area (Å²) in [4.78, 5) is 14.1. The number of rotatable bonds is 3. The van der Waals surface area contributed by atoms with E-state index in [9.17, 15) is 9.90 Å². The minimum atomic E-state index is 0.178. The maximum absolute atomic E-state index is 12.3. The molecule has 1 aromatic rings. The molecule has 3 heteroatoms. The van der Waals surface area contributed by atoms with Crippen LogP contribution in [-0.4, -0.2) is 17.6 Å². The average Bonchev–Trinajstić information content (AvgIpc) is 2.83. The highest BCUT2D eigenvalue weighted by molar-refractivity contribution is 5.95.